The summed E-state index contributed by atoms with van der Waals surface area (Å²) in [5, 5.41) is 16.6. The first-order valence-electron chi connectivity index (χ1n) is 10.7. The van der Waals surface area contributed by atoms with Crippen molar-refractivity contribution in [3.05, 3.63) is 57.5 Å². The van der Waals surface area contributed by atoms with Crippen LogP contribution in [0.25, 0.3) is 10.9 Å². The second-order valence-corrected chi connectivity index (χ2v) is 13.2. The molecule has 4 aromatic rings. The number of fused-ring (bicyclic) bond motifs is 1. The van der Waals surface area contributed by atoms with Gasteiger partial charge >= 0.3 is 5.97 Å². The van der Waals surface area contributed by atoms with Crippen molar-refractivity contribution >= 4 is 85.1 Å². The summed E-state index contributed by atoms with van der Waals surface area (Å²) >= 11 is 13.7. The minimum absolute atomic E-state index is 0.0148. The van der Waals surface area contributed by atoms with Crippen molar-refractivity contribution in [3.63, 3.8) is 0 Å². The zero-order valence-corrected chi connectivity index (χ0v) is 22.9. The number of benzene rings is 2. The third-order valence-electron chi connectivity index (χ3n) is 5.06. The van der Waals surface area contributed by atoms with E-state index in [1.165, 1.54) is 59.8 Å². The van der Waals surface area contributed by atoms with E-state index in [4.69, 9.17) is 28.9 Å². The Morgan fingerprint density at radius 3 is 2.81 bits per heavy atom. The molecule has 4 rings (SSSR count). The van der Waals surface area contributed by atoms with Crippen LogP contribution in [0.15, 0.2) is 52.0 Å². The van der Waals surface area contributed by atoms with Gasteiger partial charge < -0.3 is 10.4 Å². The number of thioether (sulfide) groups is 1. The molecule has 37 heavy (non-hydrogen) atoms. The van der Waals surface area contributed by atoms with Crippen LogP contribution in [0.4, 0.5) is 15.9 Å². The third kappa shape index (κ3) is 7.02. The van der Waals surface area contributed by atoms with Crippen LogP contribution in [0, 0.1) is 9.77 Å². The number of hydrogen-bond donors (Lipinski definition) is 2. The maximum absolute atomic E-state index is 13.5. The first-order valence-corrected chi connectivity index (χ1v) is 15.0. The van der Waals surface area contributed by atoms with Gasteiger partial charge in [0, 0.05) is 23.4 Å². The average molecular weight is 600 g/mol. The SMILES string of the molecule is O=C(O)CCSc1nn(CCCS(=O)(=O)c2ccc3ncnc(Nc4ccc(F)c(Cl)c4)c3c2)c(=S)s1. The van der Waals surface area contributed by atoms with Gasteiger partial charge in [-0.05, 0) is 55.0 Å². The van der Waals surface area contributed by atoms with Crippen LogP contribution < -0.4 is 5.32 Å². The summed E-state index contributed by atoms with van der Waals surface area (Å²) in [5.74, 6) is -0.845. The Labute approximate surface area is 229 Å². The number of sulfone groups is 1. The van der Waals surface area contributed by atoms with E-state index >= 15 is 0 Å². The zero-order valence-electron chi connectivity index (χ0n) is 18.9. The number of halogens is 2. The van der Waals surface area contributed by atoms with Gasteiger partial charge in [0.1, 0.15) is 18.0 Å². The highest BCUT2D eigenvalue weighted by Crippen LogP contribution is 2.28. The number of aryl methyl sites for hydroxylation is 1. The van der Waals surface area contributed by atoms with E-state index in [9.17, 15) is 17.6 Å². The van der Waals surface area contributed by atoms with Gasteiger partial charge in [-0.25, -0.2) is 27.5 Å². The molecule has 2 heterocycles. The van der Waals surface area contributed by atoms with E-state index in [2.05, 4.69) is 20.4 Å². The summed E-state index contributed by atoms with van der Waals surface area (Å²) in [6, 6.07) is 8.72. The molecule has 9 nitrogen and oxygen atoms in total. The van der Waals surface area contributed by atoms with Crippen LogP contribution in [0.2, 0.25) is 5.02 Å². The molecule has 0 aliphatic rings. The molecule has 2 aromatic heterocycles. The fourth-order valence-electron chi connectivity index (χ4n) is 3.27. The Morgan fingerprint density at radius 1 is 1.24 bits per heavy atom. The monoisotopic (exact) mass is 599 g/mol. The van der Waals surface area contributed by atoms with E-state index in [-0.39, 0.29) is 28.5 Å². The second kappa shape index (κ2) is 11.8. The van der Waals surface area contributed by atoms with Crippen molar-refractivity contribution in [2.45, 2.75) is 28.6 Å². The summed E-state index contributed by atoms with van der Waals surface area (Å²) in [6.45, 7) is 0.308. The zero-order chi connectivity index (χ0) is 26.6. The number of aliphatic carboxylic acids is 1. The third-order valence-corrected chi connectivity index (χ3v) is 9.59. The maximum atomic E-state index is 13.5. The molecule has 2 aromatic carbocycles. The highest BCUT2D eigenvalue weighted by molar-refractivity contribution is 8.01. The molecule has 0 radical (unpaired) electrons. The topological polar surface area (TPSA) is 127 Å². The number of carboxylic acid groups (broad SMARTS) is 1. The first kappa shape index (κ1) is 27.4. The largest absolute Gasteiger partial charge is 0.481 e. The molecule has 0 aliphatic heterocycles. The Morgan fingerprint density at radius 2 is 2.05 bits per heavy atom. The summed E-state index contributed by atoms with van der Waals surface area (Å²) in [6.07, 6.45) is 1.64. The molecule has 0 atom stereocenters. The molecule has 15 heteroatoms. The van der Waals surface area contributed by atoms with Crippen molar-refractivity contribution in [1.82, 2.24) is 19.7 Å². The van der Waals surface area contributed by atoms with Gasteiger partial charge in [-0.15, -0.1) is 0 Å². The summed E-state index contributed by atoms with van der Waals surface area (Å²) in [4.78, 5) is 19.2. The maximum Gasteiger partial charge on any atom is 0.304 e. The lowest BCUT2D eigenvalue weighted by Crippen LogP contribution is -2.11. The number of hydrogen-bond acceptors (Lipinski definition) is 10. The average Bonchev–Trinajstić information content (AvgIpc) is 3.20. The van der Waals surface area contributed by atoms with Crippen LogP contribution in [0.5, 0.6) is 0 Å². The van der Waals surface area contributed by atoms with Gasteiger partial charge in [-0.1, -0.05) is 34.7 Å². The standard InChI is InChI=1S/C22H19ClFN5O4S4/c23-16-10-13(2-4-17(16)24)27-20-15-11-14(3-5-18(15)25-12-26-20)37(32,33)9-1-7-29-22(34)36-21(28-29)35-8-6-19(30)31/h2-5,10-12H,1,6-9H2,(H,30,31)(H,25,26,27). The van der Waals surface area contributed by atoms with E-state index in [1.807, 2.05) is 0 Å². The van der Waals surface area contributed by atoms with Gasteiger partial charge in [0.25, 0.3) is 0 Å². The van der Waals surface area contributed by atoms with E-state index in [0.717, 1.165) is 0 Å². The molecule has 0 fully saturated rings. The molecule has 2 N–H and O–H groups in total. The van der Waals surface area contributed by atoms with Gasteiger partial charge in [0.2, 0.25) is 0 Å². The minimum Gasteiger partial charge on any atom is -0.481 e. The Kier molecular flexibility index (Phi) is 8.75. The number of rotatable bonds is 11. The lowest BCUT2D eigenvalue weighted by molar-refractivity contribution is -0.136. The molecule has 0 bridgehead atoms. The Hall–Kier alpha value is -2.65. The van der Waals surface area contributed by atoms with Crippen molar-refractivity contribution in [3.8, 4) is 0 Å². The predicted octanol–water partition coefficient (Wildman–Crippen LogP) is 5.58. The van der Waals surface area contributed by atoms with Gasteiger partial charge in [-0.2, -0.15) is 5.10 Å². The lowest BCUT2D eigenvalue weighted by Gasteiger charge is -2.11. The highest BCUT2D eigenvalue weighted by Gasteiger charge is 2.17. The smallest absolute Gasteiger partial charge is 0.304 e. The quantitative estimate of drug-likeness (QED) is 0.166. The normalized spacial score (nSPS) is 11.6. The highest BCUT2D eigenvalue weighted by atomic mass is 35.5. The van der Waals surface area contributed by atoms with Crippen molar-refractivity contribution in [1.29, 1.82) is 0 Å². The number of carboxylic acids is 1. The van der Waals surface area contributed by atoms with Crippen molar-refractivity contribution < 1.29 is 22.7 Å². The molecule has 0 amide bonds. The van der Waals surface area contributed by atoms with Crippen LogP contribution >= 0.6 is 46.9 Å². The van der Waals surface area contributed by atoms with Gasteiger partial charge in [-0.3, -0.25) is 4.79 Å². The molecule has 0 saturated carbocycles. The number of nitrogens with one attached hydrogen (secondary N) is 1. The Bertz CT molecular complexity index is 1630. The molecule has 0 spiro atoms. The first-order chi connectivity index (χ1) is 17.6. The molecular formula is C22H19ClFN5O4S4. The number of anilines is 2. The van der Waals surface area contributed by atoms with Crippen LogP contribution in [0.1, 0.15) is 12.8 Å². The number of aromatic nitrogens is 4. The predicted molar refractivity (Wildman–Crippen MR) is 145 cm³/mol. The fraction of sp³-hybridized carbons (Fsp3) is 0.227. The molecule has 194 valence electrons. The molecule has 0 unspecified atom stereocenters. The van der Waals surface area contributed by atoms with E-state index < -0.39 is 21.6 Å². The molecule has 0 aliphatic carbocycles. The molecular weight excluding hydrogens is 581 g/mol. The number of nitrogens with zero attached hydrogens (tertiary/aromatic N) is 4. The number of carbonyl (C=O) groups is 1. The summed E-state index contributed by atoms with van der Waals surface area (Å²) in [7, 11) is -3.65. The van der Waals surface area contributed by atoms with Gasteiger partial charge in [0.15, 0.2) is 18.1 Å². The molecule has 0 saturated heterocycles. The van der Waals surface area contributed by atoms with E-state index in [1.54, 1.807) is 10.7 Å². The van der Waals surface area contributed by atoms with Crippen LogP contribution in [0.3, 0.4) is 0 Å². The lowest BCUT2D eigenvalue weighted by atomic mass is 10.2. The van der Waals surface area contributed by atoms with Crippen molar-refractivity contribution in [2.24, 2.45) is 0 Å². The second-order valence-electron chi connectivity index (χ2n) is 7.68. The summed E-state index contributed by atoms with van der Waals surface area (Å²) < 4.78 is 42.4. The summed E-state index contributed by atoms with van der Waals surface area (Å²) in [5.41, 5.74) is 1.02. The minimum atomic E-state index is -3.65. The van der Waals surface area contributed by atoms with E-state index in [0.29, 0.717) is 43.0 Å². The Balaban J connectivity index is 1.47. The van der Waals surface area contributed by atoms with Crippen LogP contribution in [-0.4, -0.2) is 50.7 Å². The van der Waals surface area contributed by atoms with Crippen LogP contribution in [-0.2, 0) is 21.2 Å². The fourth-order valence-corrected chi connectivity index (χ4v) is 7.16. The van der Waals surface area contributed by atoms with Gasteiger partial charge in [0.05, 0.1) is 27.6 Å². The van der Waals surface area contributed by atoms with Crippen molar-refractivity contribution in [2.75, 3.05) is 16.8 Å².